The van der Waals surface area contributed by atoms with E-state index < -0.39 is 57.0 Å². The molecule has 1 unspecified atom stereocenters. The molecule has 5 aromatic rings. The van der Waals surface area contributed by atoms with Crippen LogP contribution >= 0.6 is 0 Å². The predicted molar refractivity (Wildman–Crippen MR) is 236 cm³/mol. The highest BCUT2D eigenvalue weighted by Crippen LogP contribution is 2.35. The van der Waals surface area contributed by atoms with Crippen molar-refractivity contribution in [3.63, 3.8) is 0 Å². The number of rotatable bonds is 12. The van der Waals surface area contributed by atoms with E-state index in [1.807, 2.05) is 29.0 Å². The zero-order valence-corrected chi connectivity index (χ0v) is 36.2. The Morgan fingerprint density at radius 2 is 1.66 bits per heavy atom. The van der Waals surface area contributed by atoms with Gasteiger partial charge in [-0.25, -0.2) is 18.2 Å². The highest BCUT2D eigenvalue weighted by molar-refractivity contribution is 7.90. The van der Waals surface area contributed by atoms with E-state index >= 15 is 8.78 Å². The minimum Gasteiger partial charge on any atom is -0.371 e. The molecule has 5 aliphatic rings. The number of aromatic amines is 1. The van der Waals surface area contributed by atoms with E-state index in [0.717, 1.165) is 85.2 Å². The number of carbonyl (C=O) groups is 4. The molecule has 18 heteroatoms. The molecule has 14 nitrogen and oxygen atoms in total. The lowest BCUT2D eigenvalue weighted by Gasteiger charge is -2.44. The lowest BCUT2D eigenvalue weighted by Crippen LogP contribution is -2.52. The molecule has 65 heavy (non-hydrogen) atoms. The van der Waals surface area contributed by atoms with Gasteiger partial charge in [-0.2, -0.15) is 12.7 Å². The second-order valence-electron chi connectivity index (χ2n) is 17.9. The third kappa shape index (κ3) is 8.38. The zero-order chi connectivity index (χ0) is 45.1. The number of benzene rings is 3. The topological polar surface area (TPSA) is 168 Å². The average molecular weight is 909 g/mol. The van der Waals surface area contributed by atoms with Crippen molar-refractivity contribution in [2.75, 3.05) is 55.4 Å². The van der Waals surface area contributed by atoms with Gasteiger partial charge in [0.1, 0.15) is 23.7 Å². The molecule has 0 spiro atoms. The van der Waals surface area contributed by atoms with Gasteiger partial charge in [-0.3, -0.25) is 29.2 Å². The number of likely N-dealkylation sites (tertiary alicyclic amines) is 1. The number of ketones is 1. The Bertz CT molecular complexity index is 2840. The number of amides is 3. The summed E-state index contributed by atoms with van der Waals surface area (Å²) in [6.45, 7) is 4.89. The number of halogens is 3. The summed E-state index contributed by atoms with van der Waals surface area (Å²) in [6, 6.07) is 16.9. The molecule has 10 rings (SSSR count). The van der Waals surface area contributed by atoms with Crippen LogP contribution in [0.25, 0.3) is 22.2 Å². The van der Waals surface area contributed by atoms with E-state index in [-0.39, 0.29) is 43.3 Å². The van der Waals surface area contributed by atoms with Crippen molar-refractivity contribution in [1.29, 1.82) is 0 Å². The molecule has 0 aliphatic carbocycles. The number of hydrogen-bond acceptors (Lipinski definition) is 9. The molecule has 3 amide bonds. The van der Waals surface area contributed by atoms with Gasteiger partial charge in [0, 0.05) is 91.8 Å². The van der Waals surface area contributed by atoms with Crippen molar-refractivity contribution in [1.82, 2.24) is 29.4 Å². The Balaban J connectivity index is 0.718. The van der Waals surface area contributed by atoms with Crippen LogP contribution in [0, 0.1) is 23.5 Å². The molecule has 7 heterocycles. The SMILES string of the molecule is O=C1CCC(N2Cc3cc(N4CC(CN5CCC(Cc6ccc(-c7cnc8[nH]cc(C(=O)c9c(F)ccc(NS(=O)(=O)N%10CC[C@@H](F)C%10)c9F)c8c7)cc6)CC5)C4)ccc3C2=O)C(=O)N1. The van der Waals surface area contributed by atoms with Crippen LogP contribution in [0.15, 0.2) is 73.1 Å². The lowest BCUT2D eigenvalue weighted by atomic mass is 9.88. The molecule has 3 N–H and O–H groups in total. The minimum absolute atomic E-state index is 0.00552. The molecule has 3 aromatic carbocycles. The van der Waals surface area contributed by atoms with Crippen molar-refractivity contribution in [2.24, 2.45) is 11.8 Å². The molecule has 5 aliphatic heterocycles. The molecular formula is C47H47F3N8O6S. The van der Waals surface area contributed by atoms with E-state index in [9.17, 15) is 32.0 Å². The van der Waals surface area contributed by atoms with Gasteiger partial charge in [-0.15, -0.1) is 0 Å². The van der Waals surface area contributed by atoms with Crippen LogP contribution in [0.2, 0.25) is 0 Å². The predicted octanol–water partition coefficient (Wildman–Crippen LogP) is 5.59. The highest BCUT2D eigenvalue weighted by atomic mass is 32.2. The summed E-state index contributed by atoms with van der Waals surface area (Å²) in [5, 5.41) is 2.70. The number of anilines is 2. The molecule has 338 valence electrons. The van der Waals surface area contributed by atoms with Gasteiger partial charge in [-0.1, -0.05) is 24.3 Å². The fourth-order valence-electron chi connectivity index (χ4n) is 9.99. The monoisotopic (exact) mass is 908 g/mol. The quantitative estimate of drug-likeness (QED) is 0.107. The number of pyridine rings is 1. The molecule has 0 radical (unpaired) electrons. The van der Waals surface area contributed by atoms with Gasteiger partial charge < -0.3 is 19.7 Å². The van der Waals surface area contributed by atoms with E-state index in [1.165, 1.54) is 11.8 Å². The first-order valence-electron chi connectivity index (χ1n) is 22.0. The number of piperidine rings is 2. The van der Waals surface area contributed by atoms with Crippen LogP contribution in [-0.4, -0.2) is 114 Å². The first kappa shape index (κ1) is 42.8. The number of imide groups is 1. The number of nitrogens with one attached hydrogen (secondary N) is 3. The Kier molecular flexibility index (Phi) is 11.2. The van der Waals surface area contributed by atoms with Crippen LogP contribution in [0.4, 0.5) is 24.5 Å². The van der Waals surface area contributed by atoms with Crippen molar-refractivity contribution < 1.29 is 40.8 Å². The fraction of sp³-hybridized carbons (Fsp3) is 0.383. The number of aromatic nitrogens is 2. The molecular weight excluding hydrogens is 862 g/mol. The molecule has 0 saturated carbocycles. The smallest absolute Gasteiger partial charge is 0.301 e. The highest BCUT2D eigenvalue weighted by Gasteiger charge is 2.40. The summed E-state index contributed by atoms with van der Waals surface area (Å²) in [4.78, 5) is 64.7. The second kappa shape index (κ2) is 17.0. The van der Waals surface area contributed by atoms with Crippen LogP contribution in [0.5, 0.6) is 0 Å². The van der Waals surface area contributed by atoms with E-state index in [4.69, 9.17) is 0 Å². The van der Waals surface area contributed by atoms with E-state index in [0.29, 0.717) is 47.0 Å². The number of H-pyrrole nitrogens is 1. The van der Waals surface area contributed by atoms with E-state index in [2.05, 4.69) is 43.3 Å². The summed E-state index contributed by atoms with van der Waals surface area (Å²) >= 11 is 0. The van der Waals surface area contributed by atoms with Gasteiger partial charge in [0.05, 0.1) is 11.3 Å². The van der Waals surface area contributed by atoms with Crippen molar-refractivity contribution >= 4 is 56.1 Å². The van der Waals surface area contributed by atoms with Crippen molar-refractivity contribution in [3.8, 4) is 11.1 Å². The molecule has 2 atom stereocenters. The molecule has 0 bridgehead atoms. The van der Waals surface area contributed by atoms with Crippen molar-refractivity contribution in [2.45, 2.75) is 57.3 Å². The third-order valence-electron chi connectivity index (χ3n) is 13.6. The van der Waals surface area contributed by atoms with Crippen LogP contribution in [0.3, 0.4) is 0 Å². The maximum atomic E-state index is 15.7. The van der Waals surface area contributed by atoms with E-state index in [1.54, 1.807) is 17.2 Å². The molecule has 4 fully saturated rings. The first-order chi connectivity index (χ1) is 31.3. The molecule has 4 saturated heterocycles. The normalized spacial score (nSPS) is 21.2. The third-order valence-corrected chi connectivity index (χ3v) is 15.1. The molecule has 2 aromatic heterocycles. The Morgan fingerprint density at radius 1 is 0.877 bits per heavy atom. The van der Waals surface area contributed by atoms with Crippen LogP contribution in [0.1, 0.15) is 69.5 Å². The van der Waals surface area contributed by atoms with Gasteiger partial charge in [0.25, 0.3) is 5.91 Å². The Morgan fingerprint density at radius 3 is 2.40 bits per heavy atom. The number of nitrogens with zero attached hydrogens (tertiary/aromatic N) is 5. The van der Waals surface area contributed by atoms with Crippen LogP contribution < -0.4 is 14.9 Å². The summed E-state index contributed by atoms with van der Waals surface area (Å²) in [5.41, 5.74) is 4.12. The largest absolute Gasteiger partial charge is 0.371 e. The fourth-order valence-corrected chi connectivity index (χ4v) is 11.3. The van der Waals surface area contributed by atoms with Gasteiger partial charge in [0.15, 0.2) is 5.82 Å². The number of fused-ring (bicyclic) bond motifs is 2. The summed E-state index contributed by atoms with van der Waals surface area (Å²) in [7, 11) is -4.35. The minimum atomic E-state index is -4.35. The number of alkyl halides is 1. The lowest BCUT2D eigenvalue weighted by molar-refractivity contribution is -0.136. The zero-order valence-electron chi connectivity index (χ0n) is 35.4. The van der Waals surface area contributed by atoms with Crippen LogP contribution in [-0.2, 0) is 32.8 Å². The maximum absolute atomic E-state index is 15.7. The standard InChI is InChI=1S/C47H47F3N8O6S/c48-33-13-16-57(26-33)65(63,64)54-39-8-7-38(49)42(43(39)50)44(60)37-21-52-45-36(37)19-31(20-51-45)30-3-1-27(2-4-30)17-28-11-14-55(15-12-28)22-29-23-56(24-29)34-5-6-35-32(18-34)25-58(47(35)62)40-9-10-41(59)53-46(40)61/h1-8,18-21,28-29,33,40,54H,9-17,22-26H2,(H,51,52)(H,53,59,61)/t33-,40?/m1/s1. The maximum Gasteiger partial charge on any atom is 0.301 e. The summed E-state index contributed by atoms with van der Waals surface area (Å²) in [6.07, 6.45) is 5.35. The van der Waals surface area contributed by atoms with Crippen molar-refractivity contribution in [3.05, 3.63) is 113 Å². The van der Waals surface area contributed by atoms with Gasteiger partial charge in [0.2, 0.25) is 17.6 Å². The summed E-state index contributed by atoms with van der Waals surface area (Å²) in [5.74, 6) is -3.30. The van der Waals surface area contributed by atoms with Gasteiger partial charge >= 0.3 is 10.2 Å². The average Bonchev–Trinajstić information content (AvgIpc) is 4.00. The Labute approximate surface area is 373 Å². The Hall–Kier alpha value is -6.11. The van der Waals surface area contributed by atoms with Gasteiger partial charge in [-0.05, 0) is 104 Å². The first-order valence-corrected chi connectivity index (χ1v) is 23.5. The number of hydrogen-bond donors (Lipinski definition) is 3. The summed E-state index contributed by atoms with van der Waals surface area (Å²) < 4.78 is 73.0. The number of carbonyl (C=O) groups excluding carboxylic acids is 4. The second-order valence-corrected chi connectivity index (χ2v) is 19.6.